The van der Waals surface area contributed by atoms with E-state index in [9.17, 15) is 9.59 Å². The van der Waals surface area contributed by atoms with E-state index in [1.165, 1.54) is 7.11 Å². The van der Waals surface area contributed by atoms with Gasteiger partial charge in [0.2, 0.25) is 14.8 Å². The molecule has 3 aromatic rings. The van der Waals surface area contributed by atoms with Gasteiger partial charge in [0.05, 0.1) is 18.4 Å². The van der Waals surface area contributed by atoms with Crippen LogP contribution in [0.25, 0.3) is 11.1 Å². The van der Waals surface area contributed by atoms with Gasteiger partial charge in [-0.25, -0.2) is 9.78 Å². The molecule has 6 nitrogen and oxygen atoms in total. The summed E-state index contributed by atoms with van der Waals surface area (Å²) in [5.41, 5.74) is 3.67. The van der Waals surface area contributed by atoms with Crippen LogP contribution in [0.2, 0.25) is 18.2 Å². The maximum Gasteiger partial charge on any atom is 0.338 e. The molecule has 0 bridgehead atoms. The summed E-state index contributed by atoms with van der Waals surface area (Å²) >= 11 is 6.51. The fraction of sp³-hybridized carbons (Fsp3) is 0.346. The number of carbonyl (C=O) groups excluding carboxylic acids is 2. The summed E-state index contributed by atoms with van der Waals surface area (Å²) < 4.78 is 12.4. The lowest BCUT2D eigenvalue weighted by molar-refractivity contribution is 0.0601. The van der Waals surface area contributed by atoms with Gasteiger partial charge in [-0.2, -0.15) is 0 Å². The first-order valence-electron chi connectivity index (χ1n) is 11.0. The number of rotatable bonds is 8. The lowest BCUT2D eigenvalue weighted by atomic mass is 9.92. The van der Waals surface area contributed by atoms with Crippen LogP contribution in [0.1, 0.15) is 53.0 Å². The van der Waals surface area contributed by atoms with E-state index in [-0.39, 0.29) is 23.8 Å². The van der Waals surface area contributed by atoms with Crippen molar-refractivity contribution in [1.82, 2.24) is 9.55 Å². The molecule has 0 atom stereocenters. The van der Waals surface area contributed by atoms with Crippen molar-refractivity contribution < 1.29 is 18.8 Å². The zero-order chi connectivity index (χ0) is 25.0. The number of nitrogens with zero attached hydrogens (tertiary/aromatic N) is 2. The number of esters is 1. The van der Waals surface area contributed by atoms with Crippen LogP contribution in [-0.2, 0) is 21.1 Å². The number of ketones is 1. The smallest absolute Gasteiger partial charge is 0.338 e. The minimum atomic E-state index is -1.01. The van der Waals surface area contributed by atoms with Crippen molar-refractivity contribution in [2.24, 2.45) is 0 Å². The van der Waals surface area contributed by atoms with Crippen LogP contribution in [-0.4, -0.2) is 44.1 Å². The fourth-order valence-corrected chi connectivity index (χ4v) is 4.66. The molecule has 2 aromatic carbocycles. The van der Waals surface area contributed by atoms with Gasteiger partial charge in [-0.1, -0.05) is 74.8 Å². The summed E-state index contributed by atoms with van der Waals surface area (Å²) in [5.74, 6) is -0.262. The predicted octanol–water partition coefficient (Wildman–Crippen LogP) is 5.79. The molecular weight excluding hydrogens is 468 g/mol. The number of imidazole rings is 1. The summed E-state index contributed by atoms with van der Waals surface area (Å²) in [4.78, 5) is 29.5. The molecule has 0 saturated heterocycles. The summed E-state index contributed by atoms with van der Waals surface area (Å²) in [6.07, 6.45) is 0. The molecule has 0 aliphatic carbocycles. The Morgan fingerprint density at radius 2 is 1.71 bits per heavy atom. The fourth-order valence-electron chi connectivity index (χ4n) is 3.77. The summed E-state index contributed by atoms with van der Waals surface area (Å²) in [6.45, 7) is 10.5. The number of hydrogen-bond acceptors (Lipinski definition) is 5. The molecule has 8 heteroatoms. The second-order valence-electron chi connectivity index (χ2n) is 9.27. The Balaban J connectivity index is 1.97. The highest BCUT2D eigenvalue weighted by Crippen LogP contribution is 2.32. The van der Waals surface area contributed by atoms with Crippen molar-refractivity contribution >= 4 is 32.4 Å². The van der Waals surface area contributed by atoms with E-state index in [0.29, 0.717) is 23.1 Å². The lowest BCUT2D eigenvalue weighted by Crippen LogP contribution is -2.24. The van der Waals surface area contributed by atoms with E-state index in [4.69, 9.17) is 20.8 Å². The van der Waals surface area contributed by atoms with Crippen LogP contribution in [0, 0.1) is 0 Å². The van der Waals surface area contributed by atoms with E-state index < -0.39 is 9.04 Å². The van der Waals surface area contributed by atoms with E-state index in [1.54, 1.807) is 6.07 Å². The van der Waals surface area contributed by atoms with Crippen molar-refractivity contribution in [3.05, 3.63) is 76.3 Å². The number of aromatic nitrogens is 2. The molecular formula is C26H30ClN2O4Si. The summed E-state index contributed by atoms with van der Waals surface area (Å²) in [5, 5.41) is 0.331. The highest BCUT2D eigenvalue weighted by Gasteiger charge is 2.29. The molecule has 0 aliphatic rings. The quantitative estimate of drug-likeness (QED) is 0.224. The van der Waals surface area contributed by atoms with Gasteiger partial charge in [-0.15, -0.1) is 0 Å². The molecule has 0 spiro atoms. The third-order valence-corrected chi connectivity index (χ3v) is 6.30. The Morgan fingerprint density at radius 3 is 2.29 bits per heavy atom. The SMILES string of the molecule is COC(=O)c1ccccc1-c1ccc(Cn2c(C(=O)CO[Si](C)C)nc(Cl)c2C(C)(C)C)cc1. The van der Waals surface area contributed by atoms with Crippen LogP contribution < -0.4 is 0 Å². The number of ether oxygens (including phenoxy) is 1. The van der Waals surface area contributed by atoms with E-state index >= 15 is 0 Å². The molecule has 1 radical (unpaired) electrons. The number of benzene rings is 2. The first kappa shape index (κ1) is 25.9. The van der Waals surface area contributed by atoms with Crippen molar-refractivity contribution in [2.45, 2.75) is 45.8 Å². The number of hydrogen-bond donors (Lipinski definition) is 0. The highest BCUT2D eigenvalue weighted by atomic mass is 35.5. The van der Waals surface area contributed by atoms with Crippen LogP contribution in [0.5, 0.6) is 0 Å². The van der Waals surface area contributed by atoms with Crippen LogP contribution >= 0.6 is 11.6 Å². The van der Waals surface area contributed by atoms with Crippen molar-refractivity contribution in [3.63, 3.8) is 0 Å². The van der Waals surface area contributed by atoms with Crippen LogP contribution in [0.15, 0.2) is 48.5 Å². The monoisotopic (exact) mass is 497 g/mol. The number of carbonyl (C=O) groups is 2. The molecule has 0 fully saturated rings. The Labute approximate surface area is 207 Å². The zero-order valence-electron chi connectivity index (χ0n) is 20.4. The topological polar surface area (TPSA) is 70.4 Å². The second kappa shape index (κ2) is 10.7. The molecule has 0 amide bonds. The van der Waals surface area contributed by atoms with Gasteiger partial charge in [0.25, 0.3) is 0 Å². The minimum Gasteiger partial charge on any atom is -0.465 e. The molecule has 179 valence electrons. The Kier molecular flexibility index (Phi) is 8.12. The van der Waals surface area contributed by atoms with Gasteiger partial charge in [-0.3, -0.25) is 4.79 Å². The Morgan fingerprint density at radius 1 is 1.06 bits per heavy atom. The molecule has 1 heterocycles. The minimum absolute atomic E-state index is 0.0124. The molecule has 0 saturated carbocycles. The number of Topliss-reactive ketones (excluding diaryl/α,β-unsaturated/α-hetero) is 1. The van der Waals surface area contributed by atoms with Crippen molar-refractivity contribution in [3.8, 4) is 11.1 Å². The van der Waals surface area contributed by atoms with Gasteiger partial charge in [0, 0.05) is 12.0 Å². The summed E-state index contributed by atoms with van der Waals surface area (Å²) in [6, 6.07) is 15.2. The van der Waals surface area contributed by atoms with Gasteiger partial charge in [-0.05, 0) is 35.9 Å². The van der Waals surface area contributed by atoms with E-state index in [0.717, 1.165) is 22.4 Å². The molecule has 1 aromatic heterocycles. The molecule has 0 unspecified atom stereocenters. The Bertz CT molecular complexity index is 1180. The molecule has 34 heavy (non-hydrogen) atoms. The van der Waals surface area contributed by atoms with Gasteiger partial charge >= 0.3 is 5.97 Å². The molecule has 3 rings (SSSR count). The maximum absolute atomic E-state index is 12.9. The Hall–Kier alpha value is -2.74. The third kappa shape index (κ3) is 5.84. The van der Waals surface area contributed by atoms with Gasteiger partial charge in [0.15, 0.2) is 11.0 Å². The van der Waals surface area contributed by atoms with E-state index in [1.807, 2.05) is 80.9 Å². The van der Waals surface area contributed by atoms with Crippen molar-refractivity contribution in [1.29, 1.82) is 0 Å². The van der Waals surface area contributed by atoms with Crippen LogP contribution in [0.4, 0.5) is 0 Å². The average Bonchev–Trinajstić information content (AvgIpc) is 3.13. The molecule has 0 aliphatic heterocycles. The van der Waals surface area contributed by atoms with Gasteiger partial charge in [0.1, 0.15) is 6.61 Å². The number of methoxy groups -OCH3 is 1. The normalized spacial score (nSPS) is 11.6. The summed E-state index contributed by atoms with van der Waals surface area (Å²) in [7, 11) is 0.368. The first-order chi connectivity index (χ1) is 16.0. The van der Waals surface area contributed by atoms with Gasteiger partial charge < -0.3 is 13.7 Å². The standard InChI is InChI=1S/C26H30ClN2O4Si/c1-26(2,3)22-23(27)28-24(21(30)16-33-34(5)6)29(22)15-17-11-13-18(14-12-17)19-9-7-8-10-20(19)25(31)32-4/h7-14H,15-16H2,1-6H3. The predicted molar refractivity (Wildman–Crippen MR) is 136 cm³/mol. The second-order valence-corrected chi connectivity index (χ2v) is 11.7. The lowest BCUT2D eigenvalue weighted by Gasteiger charge is -2.22. The first-order valence-corrected chi connectivity index (χ1v) is 13.8. The largest absolute Gasteiger partial charge is 0.465 e. The highest BCUT2D eigenvalue weighted by molar-refractivity contribution is 6.48. The molecule has 0 N–H and O–H groups in total. The average molecular weight is 498 g/mol. The van der Waals surface area contributed by atoms with Crippen molar-refractivity contribution in [2.75, 3.05) is 13.7 Å². The van der Waals surface area contributed by atoms with Crippen LogP contribution in [0.3, 0.4) is 0 Å². The third-order valence-electron chi connectivity index (χ3n) is 5.31. The number of halogens is 1. The maximum atomic E-state index is 12.9. The zero-order valence-corrected chi connectivity index (χ0v) is 22.2. The van der Waals surface area contributed by atoms with E-state index in [2.05, 4.69) is 4.98 Å².